The van der Waals surface area contributed by atoms with E-state index in [1.165, 1.54) is 11.1 Å². The second-order valence-corrected chi connectivity index (χ2v) is 5.23. The van der Waals surface area contributed by atoms with Crippen LogP contribution in [0.1, 0.15) is 23.7 Å². The fourth-order valence-corrected chi connectivity index (χ4v) is 2.33. The van der Waals surface area contributed by atoms with E-state index in [1.54, 1.807) is 7.11 Å². The molecule has 1 heterocycles. The number of ether oxygens (including phenoxy) is 1. The van der Waals surface area contributed by atoms with Gasteiger partial charge < -0.3 is 10.1 Å². The summed E-state index contributed by atoms with van der Waals surface area (Å²) in [6.07, 6.45) is 1.82. The quantitative estimate of drug-likeness (QED) is 0.876. The van der Waals surface area contributed by atoms with Crippen molar-refractivity contribution in [1.82, 2.24) is 10.3 Å². The van der Waals surface area contributed by atoms with Gasteiger partial charge >= 0.3 is 0 Å². The van der Waals surface area contributed by atoms with Crippen molar-refractivity contribution in [3.63, 3.8) is 0 Å². The Labute approximate surface area is 121 Å². The monoisotopic (exact) mass is 270 g/mol. The Morgan fingerprint density at radius 3 is 2.55 bits per heavy atom. The van der Waals surface area contributed by atoms with Crippen LogP contribution in [0.2, 0.25) is 0 Å². The van der Waals surface area contributed by atoms with E-state index >= 15 is 0 Å². The third kappa shape index (κ3) is 3.44. The Balaban J connectivity index is 2.16. The molecule has 0 amide bonds. The molecule has 0 radical (unpaired) electrons. The number of nitrogens with zero attached hydrogens (tertiary/aromatic N) is 1. The Morgan fingerprint density at radius 2 is 1.90 bits per heavy atom. The first kappa shape index (κ1) is 14.7. The largest absolute Gasteiger partial charge is 0.382 e. The van der Waals surface area contributed by atoms with Crippen LogP contribution in [-0.4, -0.2) is 18.7 Å². The molecular weight excluding hydrogens is 248 g/mol. The Hall–Kier alpha value is -1.71. The second kappa shape index (κ2) is 6.64. The van der Waals surface area contributed by atoms with Gasteiger partial charge in [0, 0.05) is 25.5 Å². The third-order valence-corrected chi connectivity index (χ3v) is 3.63. The van der Waals surface area contributed by atoms with E-state index in [-0.39, 0.29) is 5.54 Å². The van der Waals surface area contributed by atoms with Crippen LogP contribution in [0, 0.1) is 6.92 Å². The van der Waals surface area contributed by atoms with Gasteiger partial charge in [-0.3, -0.25) is 4.98 Å². The molecule has 1 aromatic heterocycles. The van der Waals surface area contributed by atoms with E-state index in [9.17, 15) is 0 Å². The van der Waals surface area contributed by atoms with Gasteiger partial charge in [0.25, 0.3) is 0 Å². The fraction of sp³-hybridized carbons (Fsp3) is 0.353. The maximum Gasteiger partial charge on any atom is 0.0683 e. The molecule has 0 fully saturated rings. The minimum atomic E-state index is -0.210. The normalized spacial score (nSPS) is 13.9. The number of hydrogen-bond acceptors (Lipinski definition) is 3. The highest BCUT2D eigenvalue weighted by molar-refractivity contribution is 5.25. The summed E-state index contributed by atoms with van der Waals surface area (Å²) in [4.78, 5) is 4.33. The van der Waals surface area contributed by atoms with E-state index in [4.69, 9.17) is 4.74 Å². The van der Waals surface area contributed by atoms with E-state index in [0.717, 1.165) is 12.2 Å². The summed E-state index contributed by atoms with van der Waals surface area (Å²) in [5.41, 5.74) is 3.29. The van der Waals surface area contributed by atoms with E-state index in [2.05, 4.69) is 47.6 Å². The van der Waals surface area contributed by atoms with Crippen molar-refractivity contribution in [3.05, 3.63) is 65.5 Å². The number of aromatic nitrogens is 1. The number of methoxy groups -OCH3 is 1. The predicted octanol–water partition coefficient (Wildman–Crippen LogP) is 3.04. The molecule has 1 aromatic carbocycles. The van der Waals surface area contributed by atoms with Crippen LogP contribution in [0.25, 0.3) is 0 Å². The molecule has 3 nitrogen and oxygen atoms in total. The van der Waals surface area contributed by atoms with Gasteiger partial charge in [-0.2, -0.15) is 0 Å². The van der Waals surface area contributed by atoms with Crippen LogP contribution < -0.4 is 5.32 Å². The highest BCUT2D eigenvalue weighted by atomic mass is 16.5. The van der Waals surface area contributed by atoms with Gasteiger partial charge in [0.1, 0.15) is 0 Å². The molecule has 3 heteroatoms. The summed E-state index contributed by atoms with van der Waals surface area (Å²) in [5.74, 6) is 0. The molecule has 0 aliphatic heterocycles. The topological polar surface area (TPSA) is 34.1 Å². The average Bonchev–Trinajstić information content (AvgIpc) is 2.48. The lowest BCUT2D eigenvalue weighted by molar-refractivity contribution is 0.117. The number of pyridine rings is 1. The summed E-state index contributed by atoms with van der Waals surface area (Å²) in [6, 6.07) is 14.5. The average molecular weight is 270 g/mol. The highest BCUT2D eigenvalue weighted by Crippen LogP contribution is 2.21. The molecule has 106 valence electrons. The van der Waals surface area contributed by atoms with Crippen molar-refractivity contribution in [3.8, 4) is 0 Å². The van der Waals surface area contributed by atoms with Crippen LogP contribution in [0.4, 0.5) is 0 Å². The molecule has 2 rings (SSSR count). The van der Waals surface area contributed by atoms with Gasteiger partial charge in [0.05, 0.1) is 12.1 Å². The van der Waals surface area contributed by atoms with Gasteiger partial charge in [-0.1, -0.05) is 36.4 Å². The van der Waals surface area contributed by atoms with Gasteiger partial charge in [0.15, 0.2) is 0 Å². The summed E-state index contributed by atoms with van der Waals surface area (Å²) >= 11 is 0. The number of hydrogen-bond donors (Lipinski definition) is 1. The first-order valence-electron chi connectivity index (χ1n) is 6.86. The SMILES string of the molecule is COC[C@@](C)(NCc1cccnc1C)c1ccccc1. The molecule has 0 aliphatic carbocycles. The smallest absolute Gasteiger partial charge is 0.0683 e. The minimum Gasteiger partial charge on any atom is -0.382 e. The number of nitrogens with one attached hydrogen (secondary N) is 1. The van der Waals surface area contributed by atoms with E-state index < -0.39 is 0 Å². The summed E-state index contributed by atoms with van der Waals surface area (Å²) < 4.78 is 5.40. The lowest BCUT2D eigenvalue weighted by atomic mass is 9.92. The van der Waals surface area contributed by atoms with Gasteiger partial charge in [0.2, 0.25) is 0 Å². The molecule has 1 N–H and O–H groups in total. The van der Waals surface area contributed by atoms with Crippen LogP contribution in [0.15, 0.2) is 48.7 Å². The summed E-state index contributed by atoms with van der Waals surface area (Å²) in [6.45, 7) is 5.59. The molecule has 0 aliphatic rings. The third-order valence-electron chi connectivity index (χ3n) is 3.63. The molecular formula is C17H22N2O. The van der Waals surface area contributed by atoms with Gasteiger partial charge in [-0.25, -0.2) is 0 Å². The van der Waals surface area contributed by atoms with Crippen molar-refractivity contribution in [1.29, 1.82) is 0 Å². The Bertz CT molecular complexity index is 542. The molecule has 20 heavy (non-hydrogen) atoms. The maximum atomic E-state index is 5.40. The zero-order valence-corrected chi connectivity index (χ0v) is 12.4. The maximum absolute atomic E-state index is 5.40. The number of rotatable bonds is 6. The van der Waals surface area contributed by atoms with Crippen molar-refractivity contribution in [2.45, 2.75) is 25.9 Å². The van der Waals surface area contributed by atoms with Crippen molar-refractivity contribution < 1.29 is 4.74 Å². The van der Waals surface area contributed by atoms with Crippen LogP contribution >= 0.6 is 0 Å². The lowest BCUT2D eigenvalue weighted by Gasteiger charge is -2.31. The standard InChI is InChI=1S/C17H22N2O/c1-14-15(8-7-11-18-14)12-19-17(2,13-20-3)16-9-5-4-6-10-16/h4-11,19H,12-13H2,1-3H3/t17-/m1/s1. The van der Waals surface area contributed by atoms with Crippen LogP contribution in [-0.2, 0) is 16.8 Å². The number of benzene rings is 1. The highest BCUT2D eigenvalue weighted by Gasteiger charge is 2.25. The zero-order valence-electron chi connectivity index (χ0n) is 12.4. The molecule has 0 unspecified atom stereocenters. The van der Waals surface area contributed by atoms with E-state index in [0.29, 0.717) is 6.61 Å². The van der Waals surface area contributed by atoms with Gasteiger partial charge in [-0.15, -0.1) is 0 Å². The first-order chi connectivity index (χ1) is 9.65. The molecule has 1 atom stereocenters. The zero-order chi connectivity index (χ0) is 14.4. The molecule has 0 saturated carbocycles. The Morgan fingerprint density at radius 1 is 1.15 bits per heavy atom. The Kier molecular flexibility index (Phi) is 4.88. The molecule has 0 saturated heterocycles. The second-order valence-electron chi connectivity index (χ2n) is 5.23. The summed E-state index contributed by atoms with van der Waals surface area (Å²) in [5, 5.41) is 3.61. The minimum absolute atomic E-state index is 0.210. The molecule has 0 spiro atoms. The fourth-order valence-electron chi connectivity index (χ4n) is 2.33. The van der Waals surface area contributed by atoms with Crippen molar-refractivity contribution in [2.24, 2.45) is 0 Å². The number of aryl methyl sites for hydroxylation is 1. The predicted molar refractivity (Wildman–Crippen MR) is 81.5 cm³/mol. The van der Waals surface area contributed by atoms with E-state index in [1.807, 2.05) is 25.3 Å². The van der Waals surface area contributed by atoms with Crippen molar-refractivity contribution in [2.75, 3.05) is 13.7 Å². The molecule has 0 bridgehead atoms. The summed E-state index contributed by atoms with van der Waals surface area (Å²) in [7, 11) is 1.73. The first-order valence-corrected chi connectivity index (χ1v) is 6.86. The van der Waals surface area contributed by atoms with Gasteiger partial charge in [-0.05, 0) is 31.0 Å². The molecule has 2 aromatic rings. The van der Waals surface area contributed by atoms with Crippen molar-refractivity contribution >= 4 is 0 Å². The van der Waals surface area contributed by atoms with Crippen LogP contribution in [0.3, 0.4) is 0 Å². The van der Waals surface area contributed by atoms with Crippen LogP contribution in [0.5, 0.6) is 0 Å². The lowest BCUT2D eigenvalue weighted by Crippen LogP contribution is -2.43.